The number of carbonyl (C=O) groups excluding carboxylic acids is 1. The monoisotopic (exact) mass is 463 g/mol. The molecule has 1 aliphatic carbocycles. The molecule has 4 rings (SSSR count). The molecule has 32 heavy (non-hydrogen) atoms. The van der Waals surface area contributed by atoms with Crippen LogP contribution in [0.4, 0.5) is 29.5 Å². The van der Waals surface area contributed by atoms with Crippen molar-refractivity contribution in [3.8, 4) is 16.9 Å². The topological polar surface area (TPSA) is 85.0 Å². The lowest BCUT2D eigenvalue weighted by Crippen LogP contribution is -2.36. The van der Waals surface area contributed by atoms with Crippen LogP contribution in [0, 0.1) is 0 Å². The second-order valence-corrected chi connectivity index (χ2v) is 8.09. The summed E-state index contributed by atoms with van der Waals surface area (Å²) in [6.07, 6.45) is -0.493. The lowest BCUT2D eigenvalue weighted by atomic mass is 10.1. The average molecular weight is 464 g/mol. The zero-order chi connectivity index (χ0) is 22.9. The van der Waals surface area contributed by atoms with Gasteiger partial charge in [0.05, 0.1) is 11.3 Å². The Hall–Kier alpha value is -3.20. The van der Waals surface area contributed by atoms with Crippen LogP contribution < -0.4 is 16.4 Å². The first kappa shape index (κ1) is 22.0. The van der Waals surface area contributed by atoms with E-state index in [1.54, 1.807) is 24.3 Å². The molecule has 0 saturated heterocycles. The molecule has 4 N–H and O–H groups in total. The molecule has 6 nitrogen and oxygen atoms in total. The molecule has 1 fully saturated rings. The van der Waals surface area contributed by atoms with E-state index in [9.17, 15) is 18.0 Å². The van der Waals surface area contributed by atoms with Crippen LogP contribution in [0.15, 0.2) is 48.5 Å². The molecule has 0 radical (unpaired) electrons. The van der Waals surface area contributed by atoms with E-state index in [1.165, 1.54) is 16.8 Å². The Morgan fingerprint density at radius 2 is 1.69 bits per heavy atom. The van der Waals surface area contributed by atoms with Gasteiger partial charge in [-0.2, -0.15) is 18.3 Å². The molecular formula is C22H21ClF3N5O. The molecule has 0 unspecified atom stereocenters. The number of anilines is 2. The highest BCUT2D eigenvalue weighted by atomic mass is 35.5. The number of nitrogens with two attached hydrogens (primary N) is 1. The molecule has 2 aromatic carbocycles. The van der Waals surface area contributed by atoms with Gasteiger partial charge in [-0.1, -0.05) is 36.6 Å². The number of carbonyl (C=O) groups is 1. The van der Waals surface area contributed by atoms with Gasteiger partial charge in [0.2, 0.25) is 0 Å². The third kappa shape index (κ3) is 4.67. The molecule has 1 aliphatic rings. The number of urea groups is 1. The molecule has 1 saturated carbocycles. The standard InChI is InChI=1S/C22H21ClF3N5O/c23-15-9-5-13(6-10-15)18-19(29-21(32)28-16-3-1-2-4-16)20(27)31(30-18)17-11-7-14(8-12-17)22(24,25)26/h5-12,16H,1-4,27H2,(H2,28,29,32). The summed E-state index contributed by atoms with van der Waals surface area (Å²) < 4.78 is 40.1. The summed E-state index contributed by atoms with van der Waals surface area (Å²) in [6.45, 7) is 0. The summed E-state index contributed by atoms with van der Waals surface area (Å²) in [6, 6.07) is 10.9. The average Bonchev–Trinajstić information content (AvgIpc) is 3.37. The maximum Gasteiger partial charge on any atom is 0.416 e. The summed E-state index contributed by atoms with van der Waals surface area (Å²) in [7, 11) is 0. The van der Waals surface area contributed by atoms with Crippen LogP contribution in [0.1, 0.15) is 31.2 Å². The number of nitrogens with zero attached hydrogens (tertiary/aromatic N) is 2. The summed E-state index contributed by atoms with van der Waals surface area (Å²) in [5.74, 6) is 0.0938. The first-order valence-corrected chi connectivity index (χ1v) is 10.5. The molecule has 0 bridgehead atoms. The molecule has 168 valence electrons. The fraction of sp³-hybridized carbons (Fsp3) is 0.273. The Kier molecular flexibility index (Phi) is 6.01. The quantitative estimate of drug-likeness (QED) is 0.453. The Balaban J connectivity index is 1.70. The molecule has 0 spiro atoms. The normalized spacial score (nSPS) is 14.5. The second-order valence-electron chi connectivity index (χ2n) is 7.65. The van der Waals surface area contributed by atoms with Crippen LogP contribution in [-0.2, 0) is 6.18 Å². The van der Waals surface area contributed by atoms with Crippen molar-refractivity contribution in [1.29, 1.82) is 0 Å². The molecule has 1 aromatic heterocycles. The van der Waals surface area contributed by atoms with Gasteiger partial charge < -0.3 is 16.4 Å². The maximum atomic E-state index is 12.9. The highest BCUT2D eigenvalue weighted by Gasteiger charge is 2.30. The van der Waals surface area contributed by atoms with Crippen molar-refractivity contribution in [2.75, 3.05) is 11.1 Å². The Morgan fingerprint density at radius 1 is 1.06 bits per heavy atom. The van der Waals surface area contributed by atoms with Gasteiger partial charge >= 0.3 is 12.2 Å². The Bertz CT molecular complexity index is 1100. The third-order valence-corrected chi connectivity index (χ3v) is 5.66. The number of aromatic nitrogens is 2. The van der Waals surface area contributed by atoms with E-state index < -0.39 is 17.8 Å². The highest BCUT2D eigenvalue weighted by molar-refractivity contribution is 6.30. The number of nitrogens with one attached hydrogen (secondary N) is 2. The molecule has 0 aliphatic heterocycles. The zero-order valence-corrected chi connectivity index (χ0v) is 17.7. The number of rotatable bonds is 4. The van der Waals surface area contributed by atoms with E-state index >= 15 is 0 Å². The number of hydrogen-bond acceptors (Lipinski definition) is 3. The molecular weight excluding hydrogens is 443 g/mol. The number of benzene rings is 2. The largest absolute Gasteiger partial charge is 0.416 e. The van der Waals surface area contributed by atoms with E-state index in [1.807, 2.05) is 0 Å². The number of nitrogen functional groups attached to an aromatic ring is 1. The van der Waals surface area contributed by atoms with Crippen molar-refractivity contribution in [1.82, 2.24) is 15.1 Å². The Morgan fingerprint density at radius 3 is 2.28 bits per heavy atom. The van der Waals surface area contributed by atoms with Gasteiger partial charge in [-0.3, -0.25) is 0 Å². The first-order chi connectivity index (χ1) is 15.2. The Labute approximate surface area is 187 Å². The molecule has 3 aromatic rings. The third-order valence-electron chi connectivity index (χ3n) is 5.41. The summed E-state index contributed by atoms with van der Waals surface area (Å²) in [5.41, 5.74) is 7.13. The van der Waals surface area contributed by atoms with Crippen LogP contribution in [-0.4, -0.2) is 21.9 Å². The minimum Gasteiger partial charge on any atom is -0.382 e. The van der Waals surface area contributed by atoms with Crippen LogP contribution in [0.3, 0.4) is 0 Å². The minimum absolute atomic E-state index is 0.0938. The van der Waals surface area contributed by atoms with Crippen LogP contribution in [0.5, 0.6) is 0 Å². The summed E-state index contributed by atoms with van der Waals surface area (Å²) in [5, 5.41) is 10.7. The fourth-order valence-electron chi connectivity index (χ4n) is 3.76. The van der Waals surface area contributed by atoms with Gasteiger partial charge in [-0.15, -0.1) is 0 Å². The van der Waals surface area contributed by atoms with E-state index in [2.05, 4.69) is 15.7 Å². The van der Waals surface area contributed by atoms with Gasteiger partial charge in [0, 0.05) is 16.6 Å². The SMILES string of the molecule is Nc1c(NC(=O)NC2CCCC2)c(-c2ccc(Cl)cc2)nn1-c1ccc(C(F)(F)F)cc1. The fourth-order valence-corrected chi connectivity index (χ4v) is 3.88. The van der Waals surface area contributed by atoms with E-state index in [-0.39, 0.29) is 17.5 Å². The summed E-state index contributed by atoms with van der Waals surface area (Å²) >= 11 is 5.98. The first-order valence-electron chi connectivity index (χ1n) is 10.1. The van der Waals surface area contributed by atoms with Gasteiger partial charge in [0.1, 0.15) is 11.4 Å². The molecule has 0 atom stereocenters. The zero-order valence-electron chi connectivity index (χ0n) is 16.9. The minimum atomic E-state index is -4.45. The number of hydrogen-bond donors (Lipinski definition) is 3. The van der Waals surface area contributed by atoms with E-state index in [4.69, 9.17) is 17.3 Å². The molecule has 2 amide bonds. The van der Waals surface area contributed by atoms with Crippen molar-refractivity contribution in [2.24, 2.45) is 0 Å². The predicted octanol–water partition coefficient (Wildman–Crippen LogP) is 5.86. The van der Waals surface area contributed by atoms with Crippen molar-refractivity contribution in [3.63, 3.8) is 0 Å². The van der Waals surface area contributed by atoms with Crippen LogP contribution >= 0.6 is 11.6 Å². The number of amides is 2. The number of alkyl halides is 3. The van der Waals surface area contributed by atoms with Gasteiger partial charge in [-0.25, -0.2) is 9.48 Å². The second kappa shape index (κ2) is 8.74. The van der Waals surface area contributed by atoms with Crippen molar-refractivity contribution in [3.05, 3.63) is 59.1 Å². The van der Waals surface area contributed by atoms with Gasteiger partial charge in [0.15, 0.2) is 5.82 Å². The predicted molar refractivity (Wildman–Crippen MR) is 118 cm³/mol. The number of halogens is 4. The van der Waals surface area contributed by atoms with Crippen molar-refractivity contribution < 1.29 is 18.0 Å². The van der Waals surface area contributed by atoms with Crippen LogP contribution in [0.2, 0.25) is 5.02 Å². The van der Waals surface area contributed by atoms with Crippen LogP contribution in [0.25, 0.3) is 16.9 Å². The smallest absolute Gasteiger partial charge is 0.382 e. The van der Waals surface area contributed by atoms with Gasteiger partial charge in [0.25, 0.3) is 0 Å². The van der Waals surface area contributed by atoms with E-state index in [0.29, 0.717) is 22.0 Å². The van der Waals surface area contributed by atoms with E-state index in [0.717, 1.165) is 37.8 Å². The summed E-state index contributed by atoms with van der Waals surface area (Å²) in [4.78, 5) is 12.6. The van der Waals surface area contributed by atoms with Gasteiger partial charge in [-0.05, 0) is 49.2 Å². The van der Waals surface area contributed by atoms with Crippen molar-refractivity contribution >= 4 is 29.1 Å². The van der Waals surface area contributed by atoms with Crippen molar-refractivity contribution in [2.45, 2.75) is 37.9 Å². The molecule has 1 heterocycles. The lowest BCUT2D eigenvalue weighted by Gasteiger charge is -2.13. The highest BCUT2D eigenvalue weighted by Crippen LogP contribution is 2.36. The lowest BCUT2D eigenvalue weighted by molar-refractivity contribution is -0.137. The molecule has 10 heteroatoms. The maximum absolute atomic E-state index is 12.9.